The van der Waals surface area contributed by atoms with Crippen molar-refractivity contribution in [3.05, 3.63) is 33.9 Å². The van der Waals surface area contributed by atoms with Crippen molar-refractivity contribution in [2.24, 2.45) is 0 Å². The number of nitro benzene ring substituents is 1. The SMILES string of the molecule is COc1cc(CNC(C)C(=O)O)cc([N+](=O)[O-])c1. The van der Waals surface area contributed by atoms with E-state index in [4.69, 9.17) is 9.84 Å². The second-order valence-electron chi connectivity index (χ2n) is 3.74. The van der Waals surface area contributed by atoms with Gasteiger partial charge < -0.3 is 15.2 Å². The molecule has 0 aliphatic heterocycles. The van der Waals surface area contributed by atoms with E-state index >= 15 is 0 Å². The number of non-ortho nitro benzene ring substituents is 1. The Labute approximate surface area is 104 Å². The monoisotopic (exact) mass is 254 g/mol. The van der Waals surface area contributed by atoms with Gasteiger partial charge in [-0.05, 0) is 18.6 Å². The number of carbonyl (C=O) groups is 1. The van der Waals surface area contributed by atoms with E-state index in [0.29, 0.717) is 11.3 Å². The van der Waals surface area contributed by atoms with Crippen LogP contribution in [-0.4, -0.2) is 29.2 Å². The Bertz CT molecular complexity index is 461. The van der Waals surface area contributed by atoms with E-state index in [9.17, 15) is 14.9 Å². The fourth-order valence-electron chi connectivity index (χ4n) is 1.33. The molecule has 0 saturated carbocycles. The van der Waals surface area contributed by atoms with Gasteiger partial charge in [0.25, 0.3) is 5.69 Å². The van der Waals surface area contributed by atoms with Crippen molar-refractivity contribution in [1.29, 1.82) is 0 Å². The molecule has 0 aliphatic carbocycles. The quantitative estimate of drug-likeness (QED) is 0.583. The average Bonchev–Trinajstić information content (AvgIpc) is 2.35. The van der Waals surface area contributed by atoms with Crippen molar-refractivity contribution in [3.63, 3.8) is 0 Å². The van der Waals surface area contributed by atoms with Crippen LogP contribution in [0.2, 0.25) is 0 Å². The molecule has 2 N–H and O–H groups in total. The van der Waals surface area contributed by atoms with E-state index in [2.05, 4.69) is 5.32 Å². The van der Waals surface area contributed by atoms with Gasteiger partial charge in [0.1, 0.15) is 11.8 Å². The van der Waals surface area contributed by atoms with Gasteiger partial charge in [-0.1, -0.05) is 0 Å². The predicted molar refractivity (Wildman–Crippen MR) is 63.6 cm³/mol. The number of carboxylic acid groups (broad SMARTS) is 1. The fraction of sp³-hybridized carbons (Fsp3) is 0.364. The lowest BCUT2D eigenvalue weighted by molar-refractivity contribution is -0.385. The first-order valence-electron chi connectivity index (χ1n) is 5.22. The smallest absolute Gasteiger partial charge is 0.320 e. The van der Waals surface area contributed by atoms with Crippen LogP contribution in [0.25, 0.3) is 0 Å². The number of nitro groups is 1. The first-order valence-corrected chi connectivity index (χ1v) is 5.22. The van der Waals surface area contributed by atoms with Crippen LogP contribution >= 0.6 is 0 Å². The maximum atomic E-state index is 10.7. The molecule has 98 valence electrons. The third-order valence-electron chi connectivity index (χ3n) is 2.38. The van der Waals surface area contributed by atoms with E-state index in [1.54, 1.807) is 6.07 Å². The highest BCUT2D eigenvalue weighted by Crippen LogP contribution is 2.22. The lowest BCUT2D eigenvalue weighted by Gasteiger charge is -2.10. The van der Waals surface area contributed by atoms with Gasteiger partial charge in [0.15, 0.2) is 0 Å². The summed E-state index contributed by atoms with van der Waals surface area (Å²) in [5, 5.41) is 22.1. The fourth-order valence-corrected chi connectivity index (χ4v) is 1.33. The summed E-state index contributed by atoms with van der Waals surface area (Å²) in [7, 11) is 1.41. The molecule has 0 heterocycles. The zero-order valence-corrected chi connectivity index (χ0v) is 10.0. The third-order valence-corrected chi connectivity index (χ3v) is 2.38. The van der Waals surface area contributed by atoms with Gasteiger partial charge in [-0.3, -0.25) is 14.9 Å². The highest BCUT2D eigenvalue weighted by molar-refractivity contribution is 5.72. The number of ether oxygens (including phenoxy) is 1. The molecule has 0 radical (unpaired) electrons. The lowest BCUT2D eigenvalue weighted by Crippen LogP contribution is -2.33. The Hall–Kier alpha value is -2.15. The Balaban J connectivity index is 2.85. The molecule has 18 heavy (non-hydrogen) atoms. The van der Waals surface area contributed by atoms with Crippen LogP contribution in [-0.2, 0) is 11.3 Å². The van der Waals surface area contributed by atoms with E-state index in [0.717, 1.165) is 0 Å². The summed E-state index contributed by atoms with van der Waals surface area (Å²) in [6.45, 7) is 1.71. The minimum atomic E-state index is -0.979. The molecule has 1 unspecified atom stereocenters. The molecule has 7 nitrogen and oxygen atoms in total. The first-order chi connectivity index (χ1) is 8.43. The average molecular weight is 254 g/mol. The summed E-state index contributed by atoms with van der Waals surface area (Å²) in [5.41, 5.74) is 0.503. The van der Waals surface area contributed by atoms with Gasteiger partial charge in [-0.15, -0.1) is 0 Å². The van der Waals surface area contributed by atoms with Crippen molar-refractivity contribution in [2.75, 3.05) is 7.11 Å². The van der Waals surface area contributed by atoms with Gasteiger partial charge >= 0.3 is 5.97 Å². The Morgan fingerprint density at radius 3 is 2.72 bits per heavy atom. The molecule has 0 aliphatic rings. The standard InChI is InChI=1S/C11H14N2O5/c1-7(11(14)15)12-6-8-3-9(13(16)17)5-10(4-8)18-2/h3-5,7,12H,6H2,1-2H3,(H,14,15). The summed E-state index contributed by atoms with van der Waals surface area (Å²) < 4.78 is 4.95. The normalized spacial score (nSPS) is 11.9. The second-order valence-corrected chi connectivity index (χ2v) is 3.74. The number of nitrogens with one attached hydrogen (secondary N) is 1. The Kier molecular flexibility index (Phi) is 4.61. The van der Waals surface area contributed by atoms with Gasteiger partial charge in [0.05, 0.1) is 18.1 Å². The molecule has 0 aromatic heterocycles. The summed E-state index contributed by atoms with van der Waals surface area (Å²) in [6.07, 6.45) is 0. The minimum absolute atomic E-state index is 0.0888. The topological polar surface area (TPSA) is 102 Å². The zero-order chi connectivity index (χ0) is 13.7. The molecule has 1 aromatic carbocycles. The Morgan fingerprint density at radius 2 is 2.22 bits per heavy atom. The molecule has 0 spiro atoms. The molecule has 7 heteroatoms. The molecule has 1 atom stereocenters. The van der Waals surface area contributed by atoms with Crippen LogP contribution in [0.4, 0.5) is 5.69 Å². The van der Waals surface area contributed by atoms with Gasteiger partial charge in [0, 0.05) is 12.6 Å². The van der Waals surface area contributed by atoms with Crippen LogP contribution in [0.1, 0.15) is 12.5 Å². The van der Waals surface area contributed by atoms with Crippen molar-refractivity contribution < 1.29 is 19.6 Å². The van der Waals surface area contributed by atoms with E-state index in [1.165, 1.54) is 26.2 Å². The maximum Gasteiger partial charge on any atom is 0.320 e. The summed E-state index contributed by atoms with van der Waals surface area (Å²) in [4.78, 5) is 20.8. The lowest BCUT2D eigenvalue weighted by atomic mass is 10.1. The largest absolute Gasteiger partial charge is 0.496 e. The molecule has 1 rings (SSSR count). The predicted octanol–water partition coefficient (Wildman–Crippen LogP) is 1.17. The molecular weight excluding hydrogens is 240 g/mol. The molecule has 0 bridgehead atoms. The Morgan fingerprint density at radius 1 is 1.56 bits per heavy atom. The number of carboxylic acids is 1. The number of aliphatic carboxylic acids is 1. The van der Waals surface area contributed by atoms with Crippen LogP contribution in [0, 0.1) is 10.1 Å². The van der Waals surface area contributed by atoms with Crippen LogP contribution in [0.15, 0.2) is 18.2 Å². The highest BCUT2D eigenvalue weighted by Gasteiger charge is 2.13. The number of benzene rings is 1. The second kappa shape index (κ2) is 5.97. The summed E-state index contributed by atoms with van der Waals surface area (Å²) >= 11 is 0. The van der Waals surface area contributed by atoms with Crippen LogP contribution in [0.3, 0.4) is 0 Å². The van der Waals surface area contributed by atoms with Gasteiger partial charge in [-0.25, -0.2) is 0 Å². The van der Waals surface area contributed by atoms with Crippen molar-refractivity contribution in [3.8, 4) is 5.75 Å². The maximum absolute atomic E-state index is 10.7. The minimum Gasteiger partial charge on any atom is -0.496 e. The summed E-state index contributed by atoms with van der Waals surface area (Å²) in [6, 6.07) is 3.58. The first kappa shape index (κ1) is 13.9. The van der Waals surface area contributed by atoms with Crippen molar-refractivity contribution in [2.45, 2.75) is 19.5 Å². The van der Waals surface area contributed by atoms with Gasteiger partial charge in [0.2, 0.25) is 0 Å². The third kappa shape index (κ3) is 3.70. The number of methoxy groups -OCH3 is 1. The summed E-state index contributed by atoms with van der Waals surface area (Å²) in [5.74, 6) is -0.614. The molecular formula is C11H14N2O5. The molecule has 1 aromatic rings. The van der Waals surface area contributed by atoms with Crippen molar-refractivity contribution >= 4 is 11.7 Å². The highest BCUT2D eigenvalue weighted by atomic mass is 16.6. The van der Waals surface area contributed by atoms with Gasteiger partial charge in [-0.2, -0.15) is 0 Å². The van der Waals surface area contributed by atoms with Crippen molar-refractivity contribution in [1.82, 2.24) is 5.32 Å². The zero-order valence-electron chi connectivity index (χ0n) is 10.0. The van der Waals surface area contributed by atoms with E-state index < -0.39 is 16.9 Å². The molecule has 0 fully saturated rings. The number of nitrogens with zero attached hydrogens (tertiary/aromatic N) is 1. The van der Waals surface area contributed by atoms with E-state index in [1.807, 2.05) is 0 Å². The van der Waals surface area contributed by atoms with E-state index in [-0.39, 0.29) is 12.2 Å². The molecule has 0 amide bonds. The molecule has 0 saturated heterocycles. The number of rotatable bonds is 6. The van der Waals surface area contributed by atoms with Crippen LogP contribution in [0.5, 0.6) is 5.75 Å². The number of hydrogen-bond donors (Lipinski definition) is 2. The number of hydrogen-bond acceptors (Lipinski definition) is 5. The van der Waals surface area contributed by atoms with Crippen LogP contribution < -0.4 is 10.1 Å².